The van der Waals surface area contributed by atoms with Crippen molar-refractivity contribution in [3.05, 3.63) is 48.0 Å². The fraction of sp³-hybridized carbons (Fsp3) is 0.476. The zero-order valence-electron chi connectivity index (χ0n) is 14.7. The van der Waals surface area contributed by atoms with E-state index in [1.165, 1.54) is 0 Å². The largest absolute Gasteiger partial charge is 0.466 e. The standard InChI is InChI=1S/C21H22O5/c1-2-25-20(23)18-13-8-9-14(16-10-15(13)16)19(18)21(24)26-11-17(22)12-6-4-3-5-7-12/h3-9,13-16,18-19H,2,10-11H2,1H3. The van der Waals surface area contributed by atoms with Crippen LogP contribution >= 0.6 is 0 Å². The number of ether oxygens (including phenoxy) is 2. The van der Waals surface area contributed by atoms with Gasteiger partial charge in [-0.05, 0) is 37.0 Å². The number of fused-ring (bicyclic) bond motifs is 1. The molecule has 0 aliphatic heterocycles. The lowest BCUT2D eigenvalue weighted by Crippen LogP contribution is -2.48. The van der Waals surface area contributed by atoms with E-state index < -0.39 is 17.8 Å². The highest BCUT2D eigenvalue weighted by Crippen LogP contribution is 2.63. The molecule has 5 nitrogen and oxygen atoms in total. The highest BCUT2D eigenvalue weighted by Gasteiger charge is 2.63. The summed E-state index contributed by atoms with van der Waals surface area (Å²) in [6, 6.07) is 8.74. The third-order valence-electron chi connectivity index (χ3n) is 5.92. The summed E-state index contributed by atoms with van der Waals surface area (Å²) < 4.78 is 10.6. The van der Waals surface area contributed by atoms with Crippen molar-refractivity contribution >= 4 is 17.7 Å². The molecule has 1 aromatic carbocycles. The van der Waals surface area contributed by atoms with Crippen molar-refractivity contribution in [1.82, 2.24) is 0 Å². The number of allylic oxidation sites excluding steroid dienone is 2. The van der Waals surface area contributed by atoms with Crippen LogP contribution in [0.15, 0.2) is 42.5 Å². The Bertz CT molecular complexity index is 753. The van der Waals surface area contributed by atoms with Crippen molar-refractivity contribution in [2.45, 2.75) is 13.3 Å². The first-order valence-electron chi connectivity index (χ1n) is 9.21. The van der Waals surface area contributed by atoms with Gasteiger partial charge in [-0.3, -0.25) is 14.4 Å². The van der Waals surface area contributed by atoms with Crippen LogP contribution in [0.25, 0.3) is 0 Å². The Morgan fingerprint density at radius 2 is 1.50 bits per heavy atom. The van der Waals surface area contributed by atoms with Crippen LogP contribution < -0.4 is 0 Å². The van der Waals surface area contributed by atoms with E-state index in [1.54, 1.807) is 31.2 Å². The quantitative estimate of drug-likeness (QED) is 0.446. The van der Waals surface area contributed by atoms with Crippen LogP contribution in [0, 0.1) is 35.5 Å². The van der Waals surface area contributed by atoms with E-state index in [1.807, 2.05) is 6.07 Å². The number of hydrogen-bond donors (Lipinski definition) is 0. The first kappa shape index (κ1) is 17.0. The van der Waals surface area contributed by atoms with Crippen LogP contribution in [-0.4, -0.2) is 30.9 Å². The Hall–Kier alpha value is -2.43. The summed E-state index contributed by atoms with van der Waals surface area (Å²) in [7, 11) is 0. The third kappa shape index (κ3) is 2.85. The van der Waals surface area contributed by atoms with Gasteiger partial charge in [0.05, 0.1) is 18.4 Å². The maximum Gasteiger partial charge on any atom is 0.310 e. The Balaban J connectivity index is 1.47. The predicted molar refractivity (Wildman–Crippen MR) is 93.1 cm³/mol. The van der Waals surface area contributed by atoms with Gasteiger partial charge in [-0.2, -0.15) is 0 Å². The number of benzene rings is 1. The molecular weight excluding hydrogens is 332 g/mol. The minimum Gasteiger partial charge on any atom is -0.466 e. The van der Waals surface area contributed by atoms with Gasteiger partial charge in [0.2, 0.25) is 0 Å². The van der Waals surface area contributed by atoms with Gasteiger partial charge in [-0.1, -0.05) is 42.5 Å². The minimum absolute atomic E-state index is 0.0127. The van der Waals surface area contributed by atoms with Crippen molar-refractivity contribution in [2.75, 3.05) is 13.2 Å². The van der Waals surface area contributed by atoms with Gasteiger partial charge in [0, 0.05) is 5.56 Å². The fourth-order valence-electron chi connectivity index (χ4n) is 4.70. The lowest BCUT2D eigenvalue weighted by molar-refractivity contribution is -0.167. The number of ketones is 1. The number of carbonyl (C=O) groups is 3. The molecule has 0 aromatic heterocycles. The zero-order valence-corrected chi connectivity index (χ0v) is 14.7. The molecule has 5 rings (SSSR count). The molecule has 6 atom stereocenters. The average molecular weight is 354 g/mol. The topological polar surface area (TPSA) is 69.7 Å². The van der Waals surface area contributed by atoms with Crippen LogP contribution in [0.5, 0.6) is 0 Å². The van der Waals surface area contributed by atoms with Crippen molar-refractivity contribution in [3.8, 4) is 0 Å². The number of hydrogen-bond acceptors (Lipinski definition) is 5. The fourth-order valence-corrected chi connectivity index (χ4v) is 4.70. The van der Waals surface area contributed by atoms with Crippen LogP contribution in [0.4, 0.5) is 0 Å². The van der Waals surface area contributed by atoms with Gasteiger partial charge in [-0.15, -0.1) is 0 Å². The smallest absolute Gasteiger partial charge is 0.310 e. The Kier molecular flexibility index (Phi) is 4.39. The Morgan fingerprint density at radius 3 is 2.08 bits per heavy atom. The molecule has 4 aliphatic carbocycles. The molecule has 5 heteroatoms. The first-order chi connectivity index (χ1) is 12.6. The van der Waals surface area contributed by atoms with E-state index >= 15 is 0 Å². The van der Waals surface area contributed by atoms with Gasteiger partial charge in [-0.25, -0.2) is 0 Å². The van der Waals surface area contributed by atoms with E-state index in [-0.39, 0.29) is 30.2 Å². The molecule has 26 heavy (non-hydrogen) atoms. The Labute approximate surface area is 152 Å². The predicted octanol–water partition coefficient (Wildman–Crippen LogP) is 2.66. The SMILES string of the molecule is CCOC(=O)C1C2C=CC(C3CC23)C1C(=O)OCC(=O)c1ccccc1. The van der Waals surface area contributed by atoms with Gasteiger partial charge >= 0.3 is 11.9 Å². The summed E-state index contributed by atoms with van der Waals surface area (Å²) in [6.45, 7) is 1.75. The summed E-state index contributed by atoms with van der Waals surface area (Å²) in [5.74, 6) is -1.07. The third-order valence-corrected chi connectivity index (χ3v) is 5.92. The molecule has 0 saturated heterocycles. The summed E-state index contributed by atoms with van der Waals surface area (Å²) in [4.78, 5) is 37.5. The molecule has 2 saturated carbocycles. The van der Waals surface area contributed by atoms with Gasteiger partial charge in [0.25, 0.3) is 0 Å². The molecule has 136 valence electrons. The highest BCUT2D eigenvalue weighted by molar-refractivity contribution is 5.98. The highest BCUT2D eigenvalue weighted by atomic mass is 16.5. The van der Waals surface area contributed by atoms with Crippen molar-refractivity contribution in [2.24, 2.45) is 35.5 Å². The molecule has 0 radical (unpaired) electrons. The van der Waals surface area contributed by atoms with Crippen molar-refractivity contribution in [1.29, 1.82) is 0 Å². The second-order valence-electron chi connectivity index (χ2n) is 7.30. The number of Topliss-reactive ketones (excluding diaryl/α,β-unsaturated/α-hetero) is 1. The molecule has 2 fully saturated rings. The first-order valence-corrected chi connectivity index (χ1v) is 9.21. The van der Waals surface area contributed by atoms with Crippen LogP contribution in [-0.2, 0) is 19.1 Å². The summed E-state index contributed by atoms with van der Waals surface area (Å²) in [5, 5.41) is 0. The second-order valence-corrected chi connectivity index (χ2v) is 7.30. The van der Waals surface area contributed by atoms with E-state index in [0.29, 0.717) is 24.0 Å². The molecule has 0 spiro atoms. The van der Waals surface area contributed by atoms with E-state index in [0.717, 1.165) is 6.42 Å². The maximum atomic E-state index is 12.8. The molecule has 2 bridgehead atoms. The molecular formula is C21H22O5. The molecule has 0 N–H and O–H groups in total. The lowest BCUT2D eigenvalue weighted by atomic mass is 9.62. The Morgan fingerprint density at radius 1 is 0.923 bits per heavy atom. The maximum absolute atomic E-state index is 12.8. The van der Waals surface area contributed by atoms with Crippen LogP contribution in [0.2, 0.25) is 0 Å². The molecule has 1 aromatic rings. The summed E-state index contributed by atoms with van der Waals surface area (Å²) in [5.41, 5.74) is 0.509. The van der Waals surface area contributed by atoms with Crippen molar-refractivity contribution < 1.29 is 23.9 Å². The monoisotopic (exact) mass is 354 g/mol. The molecule has 6 unspecified atom stereocenters. The summed E-state index contributed by atoms with van der Waals surface area (Å²) in [6.07, 6.45) is 5.17. The number of esters is 2. The summed E-state index contributed by atoms with van der Waals surface area (Å²) >= 11 is 0. The molecule has 0 amide bonds. The van der Waals surface area contributed by atoms with Crippen LogP contribution in [0.3, 0.4) is 0 Å². The normalized spacial score (nSPS) is 33.3. The van der Waals surface area contributed by atoms with Crippen molar-refractivity contribution in [3.63, 3.8) is 0 Å². The molecule has 0 heterocycles. The van der Waals surface area contributed by atoms with Crippen LogP contribution in [0.1, 0.15) is 23.7 Å². The second kappa shape index (κ2) is 6.71. The van der Waals surface area contributed by atoms with E-state index in [9.17, 15) is 14.4 Å². The van der Waals surface area contributed by atoms with E-state index in [4.69, 9.17) is 9.47 Å². The minimum atomic E-state index is -0.545. The van der Waals surface area contributed by atoms with Gasteiger partial charge in [0.1, 0.15) is 0 Å². The average Bonchev–Trinajstić information content (AvgIpc) is 3.48. The number of rotatable bonds is 6. The zero-order chi connectivity index (χ0) is 18.3. The van der Waals surface area contributed by atoms with Gasteiger partial charge in [0.15, 0.2) is 12.4 Å². The molecule has 4 aliphatic rings. The van der Waals surface area contributed by atoms with Gasteiger partial charge < -0.3 is 9.47 Å². The lowest BCUT2D eigenvalue weighted by Gasteiger charge is -2.41. The number of carbonyl (C=O) groups excluding carboxylic acids is 3. The van der Waals surface area contributed by atoms with E-state index in [2.05, 4.69) is 12.2 Å².